The molecule has 0 fully saturated rings. The smallest absolute Gasteiger partial charge is 0.263 e. The van der Waals surface area contributed by atoms with Crippen molar-refractivity contribution in [2.24, 2.45) is 0 Å². The lowest BCUT2D eigenvalue weighted by Crippen LogP contribution is -2.31. The molecular formula is C15H14N4O4S2. The van der Waals surface area contributed by atoms with Crippen molar-refractivity contribution < 1.29 is 13.3 Å². The lowest BCUT2D eigenvalue weighted by atomic mass is 10.2. The van der Waals surface area contributed by atoms with Gasteiger partial charge in [-0.25, -0.2) is 13.1 Å². The number of nitro benzene ring substituents is 1. The Bertz CT molecular complexity index is 919. The van der Waals surface area contributed by atoms with E-state index in [1.165, 1.54) is 35.6 Å². The highest BCUT2D eigenvalue weighted by Crippen LogP contribution is 2.25. The molecule has 3 rings (SSSR count). The molecule has 0 radical (unpaired) electrons. The van der Waals surface area contributed by atoms with Crippen molar-refractivity contribution in [3.63, 3.8) is 0 Å². The van der Waals surface area contributed by atoms with E-state index in [-0.39, 0.29) is 17.5 Å². The third kappa shape index (κ3) is 3.76. The number of nitrogens with zero attached hydrogens (tertiary/aromatic N) is 3. The van der Waals surface area contributed by atoms with Crippen LogP contribution >= 0.6 is 11.3 Å². The molecule has 130 valence electrons. The van der Waals surface area contributed by atoms with Crippen molar-refractivity contribution in [3.05, 3.63) is 75.2 Å². The normalized spacial score (nSPS) is 12.8. The number of hydrogen-bond acceptors (Lipinski definition) is 6. The summed E-state index contributed by atoms with van der Waals surface area (Å²) >= 11 is 1.48. The van der Waals surface area contributed by atoms with Gasteiger partial charge in [0.05, 0.1) is 11.0 Å². The van der Waals surface area contributed by atoms with Crippen LogP contribution in [0.1, 0.15) is 10.9 Å². The van der Waals surface area contributed by atoms with Crippen LogP contribution in [0, 0.1) is 10.1 Å². The van der Waals surface area contributed by atoms with Gasteiger partial charge in [0.25, 0.3) is 5.69 Å². The van der Waals surface area contributed by atoms with Gasteiger partial charge in [-0.05, 0) is 23.6 Å². The second-order valence-corrected chi connectivity index (χ2v) is 7.81. The predicted octanol–water partition coefficient (Wildman–Crippen LogP) is 2.42. The first kappa shape index (κ1) is 17.3. The van der Waals surface area contributed by atoms with Crippen LogP contribution < -0.4 is 4.72 Å². The lowest BCUT2D eigenvalue weighted by molar-refractivity contribution is -0.387. The average molecular weight is 378 g/mol. The second-order valence-electron chi connectivity index (χ2n) is 5.09. The Morgan fingerprint density at radius 2 is 2.04 bits per heavy atom. The van der Waals surface area contributed by atoms with Gasteiger partial charge < -0.3 is 0 Å². The number of thiophene rings is 1. The van der Waals surface area contributed by atoms with E-state index in [0.717, 1.165) is 4.88 Å². The highest BCUT2D eigenvalue weighted by Gasteiger charge is 2.26. The minimum Gasteiger partial charge on any atom is -0.263 e. The number of benzene rings is 1. The van der Waals surface area contributed by atoms with Gasteiger partial charge >= 0.3 is 0 Å². The molecule has 0 saturated heterocycles. The molecule has 1 atom stereocenters. The maximum absolute atomic E-state index is 12.6. The zero-order valence-electron chi connectivity index (χ0n) is 12.8. The summed E-state index contributed by atoms with van der Waals surface area (Å²) in [4.78, 5) is 10.9. The second kappa shape index (κ2) is 7.13. The maximum atomic E-state index is 12.6. The summed E-state index contributed by atoms with van der Waals surface area (Å²) in [5, 5.41) is 17.1. The molecule has 10 heteroatoms. The largest absolute Gasteiger partial charge is 0.289 e. The van der Waals surface area contributed by atoms with Gasteiger partial charge in [-0.2, -0.15) is 5.10 Å². The van der Waals surface area contributed by atoms with Gasteiger partial charge in [-0.1, -0.05) is 18.2 Å². The predicted molar refractivity (Wildman–Crippen MR) is 93.0 cm³/mol. The van der Waals surface area contributed by atoms with Crippen LogP contribution in [-0.2, 0) is 10.0 Å². The van der Waals surface area contributed by atoms with Crippen LogP contribution in [0.25, 0.3) is 0 Å². The van der Waals surface area contributed by atoms with Crippen LogP contribution in [0.5, 0.6) is 0 Å². The number of rotatable bonds is 7. The molecule has 0 aliphatic rings. The molecule has 1 N–H and O–H groups in total. The van der Waals surface area contributed by atoms with Gasteiger partial charge in [0.1, 0.15) is 0 Å². The summed E-state index contributed by atoms with van der Waals surface area (Å²) in [6, 6.07) is 10.4. The average Bonchev–Trinajstić information content (AvgIpc) is 3.29. The van der Waals surface area contributed by atoms with Crippen LogP contribution in [0.4, 0.5) is 5.69 Å². The van der Waals surface area contributed by atoms with E-state index in [9.17, 15) is 18.5 Å². The number of aromatic nitrogens is 2. The van der Waals surface area contributed by atoms with E-state index in [1.54, 1.807) is 23.1 Å². The number of nitro groups is 1. The number of hydrogen-bond donors (Lipinski definition) is 1. The zero-order valence-corrected chi connectivity index (χ0v) is 14.5. The van der Waals surface area contributed by atoms with E-state index >= 15 is 0 Å². The Labute approximate surface area is 147 Å². The fraction of sp³-hybridized carbons (Fsp3) is 0.133. The highest BCUT2D eigenvalue weighted by molar-refractivity contribution is 7.89. The molecule has 0 amide bonds. The molecule has 1 unspecified atom stereocenters. The van der Waals surface area contributed by atoms with Gasteiger partial charge in [0.15, 0.2) is 4.90 Å². The Hall–Kier alpha value is -2.56. The summed E-state index contributed by atoms with van der Waals surface area (Å²) in [5.41, 5.74) is -0.457. The molecule has 2 aromatic heterocycles. The van der Waals surface area contributed by atoms with E-state index in [2.05, 4.69) is 9.82 Å². The van der Waals surface area contributed by atoms with Crippen LogP contribution in [0.3, 0.4) is 0 Å². The molecule has 8 nitrogen and oxygen atoms in total. The van der Waals surface area contributed by atoms with Gasteiger partial charge in [-0.15, -0.1) is 11.3 Å². The number of sulfonamides is 1. The molecule has 1 aromatic carbocycles. The number of nitrogens with one attached hydrogen (secondary N) is 1. The molecule has 0 aliphatic heterocycles. The SMILES string of the molecule is O=[N+]([O-])c1ccccc1S(=O)(=O)NCC(c1cccs1)n1cccn1. The van der Waals surface area contributed by atoms with E-state index < -0.39 is 20.6 Å². The van der Waals surface area contributed by atoms with Gasteiger partial charge in [0, 0.05) is 29.9 Å². The Morgan fingerprint density at radius 1 is 1.24 bits per heavy atom. The Morgan fingerprint density at radius 3 is 2.68 bits per heavy atom. The van der Waals surface area contributed by atoms with Crippen molar-refractivity contribution >= 4 is 27.0 Å². The highest BCUT2D eigenvalue weighted by atomic mass is 32.2. The summed E-state index contributed by atoms with van der Waals surface area (Å²) in [6.45, 7) is 0.0244. The first-order chi connectivity index (χ1) is 12.0. The van der Waals surface area contributed by atoms with E-state index in [0.29, 0.717) is 0 Å². The molecule has 0 bridgehead atoms. The number of para-hydroxylation sites is 1. The van der Waals surface area contributed by atoms with E-state index in [1.807, 2.05) is 17.5 Å². The fourth-order valence-electron chi connectivity index (χ4n) is 2.37. The Kier molecular flexibility index (Phi) is 4.93. The van der Waals surface area contributed by atoms with Gasteiger partial charge in [-0.3, -0.25) is 14.8 Å². The van der Waals surface area contributed by atoms with E-state index in [4.69, 9.17) is 0 Å². The van der Waals surface area contributed by atoms with Crippen molar-refractivity contribution in [1.29, 1.82) is 0 Å². The van der Waals surface area contributed by atoms with Crippen molar-refractivity contribution in [2.75, 3.05) is 6.54 Å². The van der Waals surface area contributed by atoms with Crippen LogP contribution in [-0.4, -0.2) is 29.7 Å². The molecule has 2 heterocycles. The lowest BCUT2D eigenvalue weighted by Gasteiger charge is -2.17. The summed E-state index contributed by atoms with van der Waals surface area (Å²) in [7, 11) is -4.04. The summed E-state index contributed by atoms with van der Waals surface area (Å²) in [5.74, 6) is 0. The molecule has 0 aliphatic carbocycles. The fourth-order valence-corrected chi connectivity index (χ4v) is 4.40. The molecule has 25 heavy (non-hydrogen) atoms. The first-order valence-electron chi connectivity index (χ1n) is 7.24. The first-order valence-corrected chi connectivity index (χ1v) is 9.61. The zero-order chi connectivity index (χ0) is 17.9. The van der Waals surface area contributed by atoms with Crippen molar-refractivity contribution in [1.82, 2.24) is 14.5 Å². The van der Waals surface area contributed by atoms with Crippen molar-refractivity contribution in [3.8, 4) is 0 Å². The van der Waals surface area contributed by atoms with Crippen LogP contribution in [0.2, 0.25) is 0 Å². The molecule has 0 spiro atoms. The monoisotopic (exact) mass is 378 g/mol. The molecular weight excluding hydrogens is 364 g/mol. The topological polar surface area (TPSA) is 107 Å². The minimum atomic E-state index is -4.04. The third-order valence-corrected chi connectivity index (χ3v) is 5.98. The molecule has 0 saturated carbocycles. The molecule has 3 aromatic rings. The third-order valence-electron chi connectivity index (χ3n) is 3.53. The maximum Gasteiger partial charge on any atom is 0.289 e. The summed E-state index contributed by atoms with van der Waals surface area (Å²) < 4.78 is 29.2. The quantitative estimate of drug-likeness (QED) is 0.502. The standard InChI is InChI=1S/C15H14N4O4S2/c20-19(21)12-5-1-2-7-15(12)25(22,23)17-11-13(14-6-3-10-24-14)18-9-4-8-16-18/h1-10,13,17H,11H2. The Balaban J connectivity index is 1.87. The summed E-state index contributed by atoms with van der Waals surface area (Å²) in [6.07, 6.45) is 3.35. The van der Waals surface area contributed by atoms with Crippen molar-refractivity contribution in [2.45, 2.75) is 10.9 Å². The van der Waals surface area contributed by atoms with Gasteiger partial charge in [0.2, 0.25) is 10.0 Å². The van der Waals surface area contributed by atoms with Crippen LogP contribution in [0.15, 0.2) is 65.1 Å². The minimum absolute atomic E-state index is 0.0244.